The zero-order valence-electron chi connectivity index (χ0n) is 10.3. The summed E-state index contributed by atoms with van der Waals surface area (Å²) in [5.41, 5.74) is 0. The van der Waals surface area contributed by atoms with Gasteiger partial charge in [-0.2, -0.15) is 11.8 Å². The molecule has 1 N–H and O–H groups in total. The summed E-state index contributed by atoms with van der Waals surface area (Å²) in [6, 6.07) is 0. The molecule has 1 fully saturated rings. The Kier molecular flexibility index (Phi) is 4.46. The maximum absolute atomic E-state index is 11.9. The van der Waals surface area contributed by atoms with Gasteiger partial charge in [-0.15, -0.1) is 0 Å². The fraction of sp³-hybridized carbons (Fsp3) is 0.727. The van der Waals surface area contributed by atoms with Crippen molar-refractivity contribution < 1.29 is 14.3 Å². The number of carbonyl (C=O) groups excluding carboxylic acids is 2. The van der Waals surface area contributed by atoms with E-state index >= 15 is 0 Å². The Bertz CT molecular complexity index is 367. The van der Waals surface area contributed by atoms with Crippen molar-refractivity contribution in [2.24, 2.45) is 10.9 Å². The number of ether oxygens (including phenoxy) is 1. The van der Waals surface area contributed by atoms with Crippen LogP contribution in [0.25, 0.3) is 0 Å². The Morgan fingerprint density at radius 2 is 2.28 bits per heavy atom. The molecule has 1 saturated heterocycles. The standard InChI is InChI=1S/C11H17N3O3S/c1-17-9(15)6-8-7-12-11(13-10(8)16)14-2-4-18-5-3-14/h8H,2-7H2,1H3,(H,12,13,16)/t8-/m1/s1. The van der Waals surface area contributed by atoms with Crippen molar-refractivity contribution in [3.05, 3.63) is 0 Å². The van der Waals surface area contributed by atoms with Crippen molar-refractivity contribution in [2.75, 3.05) is 38.2 Å². The Balaban J connectivity index is 1.93. The second-order valence-electron chi connectivity index (χ2n) is 4.23. The smallest absolute Gasteiger partial charge is 0.306 e. The molecule has 0 aromatic rings. The zero-order valence-corrected chi connectivity index (χ0v) is 11.2. The molecular weight excluding hydrogens is 254 g/mol. The number of aliphatic imine (C=N–C) groups is 1. The summed E-state index contributed by atoms with van der Waals surface area (Å²) < 4.78 is 4.56. The summed E-state index contributed by atoms with van der Waals surface area (Å²) in [6.07, 6.45) is 0.0922. The van der Waals surface area contributed by atoms with E-state index in [0.717, 1.165) is 24.6 Å². The van der Waals surface area contributed by atoms with Gasteiger partial charge in [-0.25, -0.2) is 0 Å². The molecule has 6 nitrogen and oxygen atoms in total. The summed E-state index contributed by atoms with van der Waals surface area (Å²) in [5.74, 6) is 1.86. The third kappa shape index (κ3) is 3.16. The van der Waals surface area contributed by atoms with Gasteiger partial charge in [0.2, 0.25) is 11.9 Å². The predicted molar refractivity (Wildman–Crippen MR) is 69.5 cm³/mol. The van der Waals surface area contributed by atoms with E-state index in [-0.39, 0.29) is 18.3 Å². The number of hydrogen-bond donors (Lipinski definition) is 1. The Morgan fingerprint density at radius 1 is 1.56 bits per heavy atom. The molecule has 7 heteroatoms. The summed E-state index contributed by atoms with van der Waals surface area (Å²) in [4.78, 5) is 29.5. The Hall–Kier alpha value is -1.24. The molecule has 18 heavy (non-hydrogen) atoms. The van der Waals surface area contributed by atoms with Gasteiger partial charge in [-0.1, -0.05) is 0 Å². The van der Waals surface area contributed by atoms with Gasteiger partial charge < -0.3 is 9.64 Å². The number of rotatable bonds is 2. The van der Waals surface area contributed by atoms with Gasteiger partial charge in [0.05, 0.1) is 26.0 Å². The molecule has 2 aliphatic heterocycles. The Morgan fingerprint density at radius 3 is 2.89 bits per heavy atom. The number of nitrogens with one attached hydrogen (secondary N) is 1. The first-order valence-electron chi connectivity index (χ1n) is 5.95. The first-order chi connectivity index (χ1) is 8.70. The second kappa shape index (κ2) is 6.08. The van der Waals surface area contributed by atoms with E-state index in [9.17, 15) is 9.59 Å². The van der Waals surface area contributed by atoms with Gasteiger partial charge in [-0.3, -0.25) is 19.9 Å². The predicted octanol–water partition coefficient (Wildman–Crippen LogP) is -0.300. The summed E-state index contributed by atoms with van der Waals surface area (Å²) in [7, 11) is 1.32. The molecule has 0 saturated carbocycles. The third-order valence-electron chi connectivity index (χ3n) is 3.02. The van der Waals surface area contributed by atoms with E-state index in [1.54, 1.807) is 0 Å². The highest BCUT2D eigenvalue weighted by Gasteiger charge is 2.29. The van der Waals surface area contributed by atoms with E-state index in [2.05, 4.69) is 19.9 Å². The molecule has 0 bridgehead atoms. The first kappa shape index (κ1) is 13.2. The topological polar surface area (TPSA) is 71.0 Å². The average molecular weight is 271 g/mol. The number of esters is 1. The van der Waals surface area contributed by atoms with Crippen LogP contribution in [0.1, 0.15) is 6.42 Å². The van der Waals surface area contributed by atoms with Gasteiger partial charge in [0, 0.05) is 24.6 Å². The SMILES string of the molecule is COC(=O)C[C@@H]1CN=C(N2CCSCC2)NC1=O. The molecule has 0 spiro atoms. The third-order valence-corrected chi connectivity index (χ3v) is 3.96. The minimum absolute atomic E-state index is 0.0922. The number of nitrogens with zero attached hydrogens (tertiary/aromatic N) is 2. The lowest BCUT2D eigenvalue weighted by molar-refractivity contribution is -0.144. The average Bonchev–Trinajstić information content (AvgIpc) is 2.42. The van der Waals surface area contributed by atoms with Crippen LogP contribution in [0, 0.1) is 5.92 Å². The van der Waals surface area contributed by atoms with Gasteiger partial charge in [-0.05, 0) is 0 Å². The van der Waals surface area contributed by atoms with Crippen LogP contribution in [0.2, 0.25) is 0 Å². The first-order valence-corrected chi connectivity index (χ1v) is 7.11. The largest absolute Gasteiger partial charge is 0.469 e. The molecule has 2 aliphatic rings. The van der Waals surface area contributed by atoms with Crippen molar-refractivity contribution in [2.45, 2.75) is 6.42 Å². The summed E-state index contributed by atoms with van der Waals surface area (Å²) >= 11 is 1.90. The zero-order chi connectivity index (χ0) is 13.0. The molecular formula is C11H17N3O3S. The molecule has 1 atom stereocenters. The Labute approximate surface area is 110 Å². The molecule has 2 heterocycles. The van der Waals surface area contributed by atoms with E-state index in [4.69, 9.17) is 0 Å². The normalized spacial score (nSPS) is 24.3. The second-order valence-corrected chi connectivity index (χ2v) is 5.45. The van der Waals surface area contributed by atoms with Gasteiger partial charge in [0.1, 0.15) is 0 Å². The number of carbonyl (C=O) groups is 2. The number of amides is 1. The van der Waals surface area contributed by atoms with Crippen molar-refractivity contribution in [1.82, 2.24) is 10.2 Å². The lowest BCUT2D eigenvalue weighted by Crippen LogP contribution is -2.52. The number of hydrogen-bond acceptors (Lipinski definition) is 6. The highest BCUT2D eigenvalue weighted by atomic mass is 32.2. The van der Waals surface area contributed by atoms with Crippen molar-refractivity contribution in [1.29, 1.82) is 0 Å². The number of guanidine groups is 1. The van der Waals surface area contributed by atoms with Gasteiger partial charge in [0.15, 0.2) is 0 Å². The van der Waals surface area contributed by atoms with Crippen LogP contribution >= 0.6 is 11.8 Å². The van der Waals surface area contributed by atoms with Crippen LogP contribution in [-0.4, -0.2) is 61.0 Å². The molecule has 1 amide bonds. The molecule has 0 aromatic carbocycles. The highest BCUT2D eigenvalue weighted by Crippen LogP contribution is 2.14. The maximum atomic E-state index is 11.9. The number of methoxy groups -OCH3 is 1. The minimum atomic E-state index is -0.402. The van der Waals surface area contributed by atoms with E-state index in [0.29, 0.717) is 12.5 Å². The number of thioether (sulfide) groups is 1. The fourth-order valence-corrected chi connectivity index (χ4v) is 2.83. The van der Waals surface area contributed by atoms with Crippen molar-refractivity contribution >= 4 is 29.6 Å². The summed E-state index contributed by atoms with van der Waals surface area (Å²) in [5, 5.41) is 2.79. The van der Waals surface area contributed by atoms with Crippen molar-refractivity contribution in [3.8, 4) is 0 Å². The molecule has 0 aliphatic carbocycles. The maximum Gasteiger partial charge on any atom is 0.306 e. The minimum Gasteiger partial charge on any atom is -0.469 e. The molecule has 0 aromatic heterocycles. The monoisotopic (exact) mass is 271 g/mol. The summed E-state index contributed by atoms with van der Waals surface area (Å²) in [6.45, 7) is 2.18. The van der Waals surface area contributed by atoms with Crippen LogP contribution in [0.5, 0.6) is 0 Å². The molecule has 2 rings (SSSR count). The lowest BCUT2D eigenvalue weighted by Gasteiger charge is -2.32. The van der Waals surface area contributed by atoms with Crippen LogP contribution in [0.15, 0.2) is 4.99 Å². The lowest BCUT2D eigenvalue weighted by atomic mass is 10.0. The van der Waals surface area contributed by atoms with Crippen LogP contribution in [0.4, 0.5) is 0 Å². The van der Waals surface area contributed by atoms with E-state index < -0.39 is 5.92 Å². The fourth-order valence-electron chi connectivity index (χ4n) is 1.93. The quantitative estimate of drug-likeness (QED) is 0.698. The molecule has 100 valence electrons. The molecule has 0 unspecified atom stereocenters. The van der Waals surface area contributed by atoms with E-state index in [1.165, 1.54) is 7.11 Å². The van der Waals surface area contributed by atoms with Crippen LogP contribution < -0.4 is 5.32 Å². The van der Waals surface area contributed by atoms with Crippen LogP contribution in [0.3, 0.4) is 0 Å². The van der Waals surface area contributed by atoms with Crippen LogP contribution in [-0.2, 0) is 14.3 Å². The van der Waals surface area contributed by atoms with E-state index in [1.807, 2.05) is 11.8 Å². The highest BCUT2D eigenvalue weighted by molar-refractivity contribution is 7.99. The van der Waals surface area contributed by atoms with Crippen molar-refractivity contribution in [3.63, 3.8) is 0 Å². The van der Waals surface area contributed by atoms with Gasteiger partial charge in [0.25, 0.3) is 0 Å². The molecule has 0 radical (unpaired) electrons. The van der Waals surface area contributed by atoms with Gasteiger partial charge >= 0.3 is 5.97 Å².